The molecule has 174 valence electrons. The number of fused-ring (bicyclic) bond motifs is 2. The lowest BCUT2D eigenvalue weighted by atomic mass is 9.99. The zero-order valence-electron chi connectivity index (χ0n) is 17.3. The molecule has 0 unspecified atom stereocenters. The molecule has 2 aromatic carbocycles. The van der Waals surface area contributed by atoms with Gasteiger partial charge in [-0.3, -0.25) is 4.79 Å². The van der Waals surface area contributed by atoms with E-state index in [4.69, 9.17) is 23.4 Å². The molecule has 33 heavy (non-hydrogen) atoms. The van der Waals surface area contributed by atoms with Crippen LogP contribution in [0.1, 0.15) is 0 Å². The van der Waals surface area contributed by atoms with Crippen LogP contribution in [0.25, 0.3) is 22.1 Å². The predicted molar refractivity (Wildman–Crippen MR) is 113 cm³/mol. The number of aliphatic hydroxyl groups excluding tert-OH is 4. The molecule has 1 fully saturated rings. The van der Waals surface area contributed by atoms with E-state index in [1.807, 2.05) is 0 Å². The van der Waals surface area contributed by atoms with Crippen molar-refractivity contribution in [2.75, 3.05) is 19.8 Å². The highest BCUT2D eigenvalue weighted by atomic mass is 16.7. The van der Waals surface area contributed by atoms with Gasteiger partial charge in [0.25, 0.3) is 0 Å². The van der Waals surface area contributed by atoms with Crippen molar-refractivity contribution in [3.05, 3.63) is 52.9 Å². The molecule has 2 aliphatic rings. The first-order valence-corrected chi connectivity index (χ1v) is 10.4. The topological polar surface area (TPSA) is 148 Å². The van der Waals surface area contributed by atoms with E-state index in [-0.39, 0.29) is 16.8 Å². The number of benzene rings is 2. The number of rotatable bonds is 4. The second-order valence-corrected chi connectivity index (χ2v) is 7.81. The van der Waals surface area contributed by atoms with Gasteiger partial charge in [-0.05, 0) is 29.8 Å². The molecule has 0 amide bonds. The third-order valence-electron chi connectivity index (χ3n) is 5.70. The Labute approximate surface area is 187 Å². The summed E-state index contributed by atoms with van der Waals surface area (Å²) >= 11 is 0. The molecule has 3 aromatic rings. The monoisotopic (exact) mass is 458 g/mol. The standard InChI is InChI=1S/C23H22O10/c24-9-18-20(26)21(27)22(28)23(33-18)32-12-2-3-13-16(8-12)31-10-14(19(13)25)11-1-4-15-17(7-11)30-6-5-29-15/h1-4,7-8,10,18,20-24,26-28H,5-6,9H2/t18-,20+,21+,22-,23+/m0/s1. The largest absolute Gasteiger partial charge is 0.486 e. The quantitative estimate of drug-likeness (QED) is 0.433. The van der Waals surface area contributed by atoms with Gasteiger partial charge >= 0.3 is 0 Å². The van der Waals surface area contributed by atoms with E-state index in [1.54, 1.807) is 18.2 Å². The fraction of sp³-hybridized carbons (Fsp3) is 0.348. The van der Waals surface area contributed by atoms with E-state index in [2.05, 4.69) is 0 Å². The van der Waals surface area contributed by atoms with Crippen LogP contribution in [0.3, 0.4) is 0 Å². The smallest absolute Gasteiger partial charge is 0.229 e. The Hall–Kier alpha value is -3.15. The van der Waals surface area contributed by atoms with Crippen molar-refractivity contribution in [3.63, 3.8) is 0 Å². The maximum atomic E-state index is 13.1. The van der Waals surface area contributed by atoms with Crippen molar-refractivity contribution in [1.82, 2.24) is 0 Å². The summed E-state index contributed by atoms with van der Waals surface area (Å²) < 4.78 is 27.7. The first-order valence-electron chi connectivity index (χ1n) is 10.4. The van der Waals surface area contributed by atoms with Gasteiger partial charge in [0, 0.05) is 6.07 Å². The van der Waals surface area contributed by atoms with Crippen LogP contribution in [0.4, 0.5) is 0 Å². The summed E-state index contributed by atoms with van der Waals surface area (Å²) in [7, 11) is 0. The van der Waals surface area contributed by atoms with Crippen LogP contribution >= 0.6 is 0 Å². The maximum Gasteiger partial charge on any atom is 0.229 e. The van der Waals surface area contributed by atoms with Crippen LogP contribution in [0.5, 0.6) is 17.2 Å². The molecule has 10 nitrogen and oxygen atoms in total. The van der Waals surface area contributed by atoms with Gasteiger partial charge in [0.1, 0.15) is 55.2 Å². The molecule has 3 heterocycles. The van der Waals surface area contributed by atoms with Gasteiger partial charge in [-0.15, -0.1) is 0 Å². The lowest BCUT2D eigenvalue weighted by Gasteiger charge is -2.39. The molecular formula is C23H22O10. The Kier molecular flexibility index (Phi) is 5.69. The summed E-state index contributed by atoms with van der Waals surface area (Å²) in [6, 6.07) is 9.68. The van der Waals surface area contributed by atoms with Crippen LogP contribution < -0.4 is 19.6 Å². The van der Waals surface area contributed by atoms with E-state index in [0.29, 0.717) is 41.2 Å². The van der Waals surface area contributed by atoms with E-state index >= 15 is 0 Å². The fourth-order valence-electron chi connectivity index (χ4n) is 3.89. The van der Waals surface area contributed by atoms with Gasteiger partial charge in [0.15, 0.2) is 16.9 Å². The van der Waals surface area contributed by atoms with Crippen LogP contribution in [0.15, 0.2) is 51.9 Å². The first kappa shape index (κ1) is 21.7. The second kappa shape index (κ2) is 8.65. The molecule has 5 atom stereocenters. The van der Waals surface area contributed by atoms with E-state index in [1.165, 1.54) is 24.5 Å². The minimum Gasteiger partial charge on any atom is -0.486 e. The Balaban J connectivity index is 1.42. The van der Waals surface area contributed by atoms with Gasteiger partial charge in [0.2, 0.25) is 6.29 Å². The average Bonchev–Trinajstić information content (AvgIpc) is 2.84. The Bertz CT molecular complexity index is 1220. The van der Waals surface area contributed by atoms with Crippen molar-refractivity contribution in [3.8, 4) is 28.4 Å². The van der Waals surface area contributed by atoms with Gasteiger partial charge in [-0.1, -0.05) is 6.07 Å². The average molecular weight is 458 g/mol. The molecule has 0 saturated carbocycles. The lowest BCUT2D eigenvalue weighted by Crippen LogP contribution is -2.60. The van der Waals surface area contributed by atoms with Gasteiger partial charge in [-0.2, -0.15) is 0 Å². The highest BCUT2D eigenvalue weighted by Gasteiger charge is 2.44. The molecule has 1 saturated heterocycles. The lowest BCUT2D eigenvalue weighted by molar-refractivity contribution is -0.277. The van der Waals surface area contributed by atoms with Crippen LogP contribution in [0.2, 0.25) is 0 Å². The normalized spacial score (nSPS) is 26.8. The van der Waals surface area contributed by atoms with E-state index in [0.717, 1.165) is 0 Å². The molecule has 4 N–H and O–H groups in total. The van der Waals surface area contributed by atoms with Crippen LogP contribution in [-0.2, 0) is 4.74 Å². The van der Waals surface area contributed by atoms with Crippen molar-refractivity contribution < 1.29 is 43.8 Å². The van der Waals surface area contributed by atoms with Crippen LogP contribution in [-0.4, -0.2) is 71.0 Å². The third-order valence-corrected chi connectivity index (χ3v) is 5.70. The molecule has 0 spiro atoms. The molecular weight excluding hydrogens is 436 g/mol. The van der Waals surface area contributed by atoms with Crippen LogP contribution in [0, 0.1) is 0 Å². The summed E-state index contributed by atoms with van der Waals surface area (Å²) in [6.45, 7) is 0.331. The predicted octanol–water partition coefficient (Wildman–Crippen LogP) is 0.410. The zero-order valence-corrected chi connectivity index (χ0v) is 17.3. The van der Waals surface area contributed by atoms with Gasteiger partial charge in [0.05, 0.1) is 17.6 Å². The molecule has 5 rings (SSSR count). The minimum absolute atomic E-state index is 0.196. The summed E-state index contributed by atoms with van der Waals surface area (Å²) in [5, 5.41) is 39.6. The molecule has 10 heteroatoms. The Morgan fingerprint density at radius 3 is 2.52 bits per heavy atom. The minimum atomic E-state index is -1.56. The summed E-state index contributed by atoms with van der Waals surface area (Å²) in [6.07, 6.45) is -5.70. The maximum absolute atomic E-state index is 13.1. The molecule has 0 radical (unpaired) electrons. The van der Waals surface area contributed by atoms with E-state index in [9.17, 15) is 25.2 Å². The van der Waals surface area contributed by atoms with Crippen molar-refractivity contribution >= 4 is 11.0 Å². The second-order valence-electron chi connectivity index (χ2n) is 7.81. The molecule has 0 bridgehead atoms. The zero-order chi connectivity index (χ0) is 23.1. The van der Waals surface area contributed by atoms with Gasteiger partial charge in [-0.25, -0.2) is 0 Å². The summed E-state index contributed by atoms with van der Waals surface area (Å²) in [4.78, 5) is 13.1. The van der Waals surface area contributed by atoms with Gasteiger partial charge < -0.3 is 43.8 Å². The fourth-order valence-corrected chi connectivity index (χ4v) is 3.89. The van der Waals surface area contributed by atoms with E-state index < -0.39 is 37.3 Å². The SMILES string of the molecule is O=c1c(-c2ccc3c(c2)OCCO3)coc2cc(O[C@@H]3O[C@@H](CO)[C@@H](O)[C@@H](O)[C@@H]3O)ccc12. The van der Waals surface area contributed by atoms with Crippen molar-refractivity contribution in [2.45, 2.75) is 30.7 Å². The molecule has 2 aliphatic heterocycles. The highest BCUT2D eigenvalue weighted by molar-refractivity contribution is 5.83. The van der Waals surface area contributed by atoms with Crippen molar-refractivity contribution in [2.24, 2.45) is 0 Å². The summed E-state index contributed by atoms with van der Waals surface area (Å²) in [5.41, 5.74) is 0.953. The number of hydrogen-bond donors (Lipinski definition) is 4. The Morgan fingerprint density at radius 2 is 1.73 bits per heavy atom. The third kappa shape index (κ3) is 3.92. The first-order chi connectivity index (χ1) is 16.0. The summed E-state index contributed by atoms with van der Waals surface area (Å²) in [5.74, 6) is 1.37. The Morgan fingerprint density at radius 1 is 0.939 bits per heavy atom. The number of ether oxygens (including phenoxy) is 4. The molecule has 0 aliphatic carbocycles. The highest BCUT2D eigenvalue weighted by Crippen LogP contribution is 2.34. The van der Waals surface area contributed by atoms with Crippen molar-refractivity contribution in [1.29, 1.82) is 0 Å². The number of aliphatic hydroxyl groups is 4. The molecule has 1 aromatic heterocycles. The number of hydrogen-bond acceptors (Lipinski definition) is 10.